The molecular weight excluding hydrogens is 248 g/mol. The zero-order chi connectivity index (χ0) is 13.2. The van der Waals surface area contributed by atoms with E-state index < -0.39 is 11.0 Å². The molecule has 4 nitrogen and oxygen atoms in total. The van der Waals surface area contributed by atoms with Crippen molar-refractivity contribution in [1.29, 1.82) is 0 Å². The number of carboxylic acid groups (broad SMARTS) is 1. The monoisotopic (exact) mass is 266 g/mol. The maximum Gasteiger partial charge on any atom is 0.308 e. The molecule has 0 fully saturated rings. The average molecular weight is 266 g/mol. The molecule has 1 aromatic rings. The van der Waals surface area contributed by atoms with Crippen molar-refractivity contribution in [3.05, 3.63) is 24.3 Å². The first-order valence-electron chi connectivity index (χ1n) is 6.02. The SMILES string of the molecule is CC(C)CSC1(CC(=O)O)Nc2ccccc2N1. The largest absolute Gasteiger partial charge is 0.481 e. The fourth-order valence-electron chi connectivity index (χ4n) is 1.90. The molecule has 0 atom stereocenters. The van der Waals surface area contributed by atoms with Gasteiger partial charge in [-0.1, -0.05) is 26.0 Å². The predicted octanol–water partition coefficient (Wildman–Crippen LogP) is 3.04. The topological polar surface area (TPSA) is 61.4 Å². The van der Waals surface area contributed by atoms with Gasteiger partial charge in [0.15, 0.2) is 4.99 Å². The number of hydrogen-bond donors (Lipinski definition) is 3. The highest BCUT2D eigenvalue weighted by Crippen LogP contribution is 2.42. The highest BCUT2D eigenvalue weighted by atomic mass is 32.2. The smallest absolute Gasteiger partial charge is 0.308 e. The van der Waals surface area contributed by atoms with E-state index in [1.165, 1.54) is 0 Å². The summed E-state index contributed by atoms with van der Waals surface area (Å²) in [4.78, 5) is 10.4. The van der Waals surface area contributed by atoms with Crippen molar-refractivity contribution in [3.8, 4) is 0 Å². The number of hydrogen-bond acceptors (Lipinski definition) is 4. The van der Waals surface area contributed by atoms with E-state index in [0.29, 0.717) is 5.92 Å². The molecule has 0 aliphatic carbocycles. The van der Waals surface area contributed by atoms with Gasteiger partial charge in [0, 0.05) is 0 Å². The van der Waals surface area contributed by atoms with E-state index in [4.69, 9.17) is 5.11 Å². The molecule has 1 aliphatic heterocycles. The molecule has 0 radical (unpaired) electrons. The first kappa shape index (κ1) is 13.1. The van der Waals surface area contributed by atoms with Gasteiger partial charge in [0.1, 0.15) is 0 Å². The number of aliphatic carboxylic acids is 1. The molecule has 1 heterocycles. The minimum absolute atomic E-state index is 0.0407. The number of thioether (sulfide) groups is 1. The lowest BCUT2D eigenvalue weighted by molar-refractivity contribution is -0.137. The quantitative estimate of drug-likeness (QED) is 0.764. The van der Waals surface area contributed by atoms with Crippen molar-refractivity contribution in [1.82, 2.24) is 0 Å². The molecular formula is C13H18N2O2S. The number of anilines is 2. The molecule has 0 saturated heterocycles. The summed E-state index contributed by atoms with van der Waals surface area (Å²) in [6.07, 6.45) is 0.0407. The molecule has 1 aromatic carbocycles. The van der Waals surface area contributed by atoms with Crippen molar-refractivity contribution in [2.24, 2.45) is 5.92 Å². The normalized spacial score (nSPS) is 15.9. The summed E-state index contributed by atoms with van der Waals surface area (Å²) in [7, 11) is 0. The molecule has 3 N–H and O–H groups in total. The van der Waals surface area contributed by atoms with Crippen molar-refractivity contribution < 1.29 is 9.90 Å². The second-order valence-corrected chi connectivity index (χ2v) is 6.22. The van der Waals surface area contributed by atoms with E-state index >= 15 is 0 Å². The third-order valence-corrected chi connectivity index (χ3v) is 4.34. The number of fused-ring (bicyclic) bond motifs is 1. The van der Waals surface area contributed by atoms with Crippen LogP contribution in [0, 0.1) is 5.92 Å². The Balaban J connectivity index is 2.16. The number of nitrogens with one attached hydrogen (secondary N) is 2. The van der Waals surface area contributed by atoms with Gasteiger partial charge in [-0.15, -0.1) is 11.8 Å². The molecule has 0 amide bonds. The zero-order valence-corrected chi connectivity index (χ0v) is 11.4. The second-order valence-electron chi connectivity index (χ2n) is 4.90. The van der Waals surface area contributed by atoms with Crippen LogP contribution in [-0.4, -0.2) is 21.8 Å². The lowest BCUT2D eigenvalue weighted by atomic mass is 10.3. The highest BCUT2D eigenvalue weighted by Gasteiger charge is 2.38. The third-order valence-electron chi connectivity index (χ3n) is 2.66. The van der Waals surface area contributed by atoms with Crippen LogP contribution in [0.3, 0.4) is 0 Å². The van der Waals surface area contributed by atoms with Crippen molar-refractivity contribution in [2.45, 2.75) is 25.3 Å². The van der Waals surface area contributed by atoms with Gasteiger partial charge in [0.05, 0.1) is 17.8 Å². The molecule has 0 unspecified atom stereocenters. The Labute approximate surface area is 111 Å². The minimum atomic E-state index is -0.806. The van der Waals surface area contributed by atoms with Crippen LogP contribution in [0.1, 0.15) is 20.3 Å². The fraction of sp³-hybridized carbons (Fsp3) is 0.462. The van der Waals surface area contributed by atoms with Gasteiger partial charge in [-0.05, 0) is 23.8 Å². The molecule has 0 saturated carbocycles. The van der Waals surface area contributed by atoms with Crippen molar-refractivity contribution in [3.63, 3.8) is 0 Å². The second kappa shape index (κ2) is 5.10. The molecule has 5 heteroatoms. The van der Waals surface area contributed by atoms with Crippen molar-refractivity contribution in [2.75, 3.05) is 16.4 Å². The van der Waals surface area contributed by atoms with E-state index in [2.05, 4.69) is 24.5 Å². The first-order valence-corrected chi connectivity index (χ1v) is 7.00. The Hall–Kier alpha value is -1.36. The Morgan fingerprint density at radius 2 is 1.89 bits per heavy atom. The summed E-state index contributed by atoms with van der Waals surface area (Å²) < 4.78 is 0. The molecule has 1 aliphatic rings. The summed E-state index contributed by atoms with van der Waals surface area (Å²) in [5, 5.41) is 15.7. The Bertz CT molecular complexity index is 423. The zero-order valence-electron chi connectivity index (χ0n) is 10.6. The molecule has 0 spiro atoms. The number of benzene rings is 1. The van der Waals surface area contributed by atoms with E-state index in [9.17, 15) is 4.79 Å². The molecule has 0 aromatic heterocycles. The third kappa shape index (κ3) is 2.90. The van der Waals surface area contributed by atoms with Crippen LogP contribution in [0.25, 0.3) is 0 Å². The van der Waals surface area contributed by atoms with Crippen molar-refractivity contribution >= 4 is 29.1 Å². The van der Waals surface area contributed by atoms with Crippen LogP contribution in [0.5, 0.6) is 0 Å². The average Bonchev–Trinajstić information content (AvgIpc) is 2.63. The minimum Gasteiger partial charge on any atom is -0.481 e. The molecule has 2 rings (SSSR count). The first-order chi connectivity index (χ1) is 8.51. The van der Waals surface area contributed by atoms with Crippen LogP contribution in [0.15, 0.2) is 24.3 Å². The summed E-state index contributed by atoms with van der Waals surface area (Å²) >= 11 is 1.62. The fourth-order valence-corrected chi connectivity index (χ4v) is 3.11. The van der Waals surface area contributed by atoms with Crippen LogP contribution in [0.2, 0.25) is 0 Å². The summed E-state index contributed by atoms with van der Waals surface area (Å²) in [6.45, 7) is 4.26. The van der Waals surface area contributed by atoms with Gasteiger partial charge >= 0.3 is 5.97 Å². The molecule has 98 valence electrons. The van der Waals surface area contributed by atoms with Gasteiger partial charge in [-0.2, -0.15) is 0 Å². The standard InChI is InChI=1S/C13H18N2O2S/c1-9(2)8-18-13(7-12(16)17)14-10-5-3-4-6-11(10)15-13/h3-6,9,14-15H,7-8H2,1-2H3,(H,16,17). The van der Waals surface area contributed by atoms with E-state index in [1.54, 1.807) is 11.8 Å². The highest BCUT2D eigenvalue weighted by molar-refractivity contribution is 8.00. The van der Waals surface area contributed by atoms with Gasteiger partial charge in [-0.25, -0.2) is 0 Å². The van der Waals surface area contributed by atoms with Gasteiger partial charge in [-0.3, -0.25) is 4.79 Å². The number of para-hydroxylation sites is 2. The Morgan fingerprint density at radius 1 is 1.33 bits per heavy atom. The predicted molar refractivity (Wildman–Crippen MR) is 76.0 cm³/mol. The Kier molecular flexibility index (Phi) is 3.71. The summed E-state index contributed by atoms with van der Waals surface area (Å²) in [5.41, 5.74) is 1.94. The molecule has 18 heavy (non-hydrogen) atoms. The van der Waals surface area contributed by atoms with Gasteiger partial charge in [0.25, 0.3) is 0 Å². The lowest BCUT2D eigenvalue weighted by Gasteiger charge is -2.29. The van der Waals surface area contributed by atoms with Crippen LogP contribution < -0.4 is 10.6 Å². The lowest BCUT2D eigenvalue weighted by Crippen LogP contribution is -2.41. The van der Waals surface area contributed by atoms with E-state index in [1.807, 2.05) is 24.3 Å². The molecule has 0 bridgehead atoms. The van der Waals surface area contributed by atoms with Gasteiger partial charge in [0.2, 0.25) is 0 Å². The van der Waals surface area contributed by atoms with Crippen LogP contribution in [-0.2, 0) is 4.79 Å². The summed E-state index contributed by atoms with van der Waals surface area (Å²) in [5.74, 6) is 0.619. The van der Waals surface area contributed by atoms with Gasteiger partial charge < -0.3 is 15.7 Å². The maximum atomic E-state index is 11.1. The Morgan fingerprint density at radius 3 is 2.33 bits per heavy atom. The van der Waals surface area contributed by atoms with Crippen LogP contribution in [0.4, 0.5) is 11.4 Å². The maximum absolute atomic E-state index is 11.1. The van der Waals surface area contributed by atoms with Crippen LogP contribution >= 0.6 is 11.8 Å². The van der Waals surface area contributed by atoms with E-state index in [-0.39, 0.29) is 6.42 Å². The van der Waals surface area contributed by atoms with E-state index in [0.717, 1.165) is 17.1 Å². The number of rotatable bonds is 5. The number of carboxylic acids is 1. The summed E-state index contributed by atoms with van der Waals surface area (Å²) in [6, 6.07) is 7.80. The number of carbonyl (C=O) groups is 1.